The maximum absolute atomic E-state index is 15.1. The Labute approximate surface area is 244 Å². The van der Waals surface area contributed by atoms with Gasteiger partial charge in [-0.3, -0.25) is 9.88 Å². The molecule has 2 aliphatic heterocycles. The van der Waals surface area contributed by atoms with Crippen LogP contribution >= 0.6 is 7.44 Å². The lowest BCUT2D eigenvalue weighted by Gasteiger charge is -2.39. The minimum Gasteiger partial charge on any atom is -0.453 e. The number of carbonyl (C=O) groups excluding carboxylic acids is 1. The monoisotopic (exact) mass is 577 g/mol. The number of amides is 1. The van der Waals surface area contributed by atoms with E-state index in [0.29, 0.717) is 22.2 Å². The summed E-state index contributed by atoms with van der Waals surface area (Å²) < 4.78 is 32.2. The Kier molecular flexibility index (Phi) is 5.71. The lowest BCUT2D eigenvalue weighted by Crippen LogP contribution is -2.41. The van der Waals surface area contributed by atoms with Crippen LogP contribution in [0.15, 0.2) is 95.4 Å². The van der Waals surface area contributed by atoms with Gasteiger partial charge in [0, 0.05) is 39.5 Å². The lowest BCUT2D eigenvalue weighted by molar-refractivity contribution is 0.0739. The zero-order chi connectivity index (χ0) is 28.6. The molecule has 2 fully saturated rings. The number of nitrogens with zero attached hydrogens (tertiary/aromatic N) is 2. The summed E-state index contributed by atoms with van der Waals surface area (Å²) in [6.45, 7) is 0. The van der Waals surface area contributed by atoms with E-state index in [1.165, 1.54) is 0 Å². The van der Waals surface area contributed by atoms with Gasteiger partial charge in [0.05, 0.1) is 11.0 Å². The van der Waals surface area contributed by atoms with E-state index in [0.717, 1.165) is 53.1 Å². The minimum absolute atomic E-state index is 0.260. The van der Waals surface area contributed by atoms with Gasteiger partial charge in [0.2, 0.25) is 7.44 Å². The lowest BCUT2D eigenvalue weighted by atomic mass is 9.78. The second-order valence-electron chi connectivity index (χ2n) is 11.7. The van der Waals surface area contributed by atoms with E-state index in [1.54, 1.807) is 0 Å². The smallest absolute Gasteiger partial charge is 0.413 e. The van der Waals surface area contributed by atoms with Gasteiger partial charge in [0.25, 0.3) is 0 Å². The highest BCUT2D eigenvalue weighted by molar-refractivity contribution is 7.67. The number of para-hydroxylation sites is 1. The largest absolute Gasteiger partial charge is 0.453 e. The number of hydrogen-bond acceptors (Lipinski definition) is 4. The number of hydrogen-bond donors (Lipinski definition) is 1. The molecule has 5 aromatic rings. The van der Waals surface area contributed by atoms with Crippen LogP contribution in [0.4, 0.5) is 10.5 Å². The zero-order valence-electron chi connectivity index (χ0n) is 23.6. The van der Waals surface area contributed by atoms with Gasteiger partial charge in [-0.2, -0.15) is 0 Å². The molecule has 7 nitrogen and oxygen atoms in total. The standard InChI is InChI=1S/C34H32N3O4P/c1-36-27-17-9-10-18-28(27)37(2)42(36,39)29-19-11-16-24-25-20-21-26-30(32(25)40-31(24)29)35-33(38)41-34(26,22-12-5-3-6-13-22)23-14-7-4-8-15-23/h3-8,11-16,19-21,27-28H,9-10,17-18H2,1-2H3,(H,35,38)/t27-,28-/m1/s1. The Morgan fingerprint density at radius 2 is 1.36 bits per heavy atom. The van der Waals surface area contributed by atoms with E-state index < -0.39 is 19.1 Å². The van der Waals surface area contributed by atoms with Crippen LogP contribution in [0, 0.1) is 0 Å². The Hall–Kier alpha value is -3.90. The topological polar surface area (TPSA) is 75.0 Å². The third-order valence-corrected chi connectivity index (χ3v) is 13.0. The minimum atomic E-state index is -3.11. The van der Waals surface area contributed by atoms with Crippen molar-refractivity contribution in [1.82, 2.24) is 9.34 Å². The van der Waals surface area contributed by atoms with Gasteiger partial charge in [0.15, 0.2) is 11.2 Å². The SMILES string of the molecule is CN1[C@@H]2CCCC[C@H]2N(C)P1(=O)c1cccc2c1oc1c3c(ccc12)C(c1ccccc1)(c1ccccc1)OC(=O)N3. The molecule has 8 heteroatoms. The summed E-state index contributed by atoms with van der Waals surface area (Å²) in [5.41, 5.74) is 3.00. The van der Waals surface area contributed by atoms with Crippen molar-refractivity contribution in [2.24, 2.45) is 0 Å². The quantitative estimate of drug-likeness (QED) is 0.225. The van der Waals surface area contributed by atoms with Crippen LogP contribution in [0.1, 0.15) is 42.4 Å². The van der Waals surface area contributed by atoms with Crippen LogP contribution in [0.5, 0.6) is 0 Å². The molecule has 0 radical (unpaired) electrons. The van der Waals surface area contributed by atoms with Crippen molar-refractivity contribution in [2.45, 2.75) is 43.4 Å². The first-order valence-corrected chi connectivity index (χ1v) is 16.2. The molecule has 3 heterocycles. The number of rotatable bonds is 3. The summed E-state index contributed by atoms with van der Waals surface area (Å²) in [5.74, 6) is 0. The predicted octanol–water partition coefficient (Wildman–Crippen LogP) is 7.45. The van der Waals surface area contributed by atoms with Crippen LogP contribution in [0.25, 0.3) is 21.9 Å². The molecule has 1 saturated heterocycles. The molecule has 42 heavy (non-hydrogen) atoms. The molecule has 4 aromatic carbocycles. The van der Waals surface area contributed by atoms with E-state index >= 15 is 4.57 Å². The van der Waals surface area contributed by atoms with Crippen molar-refractivity contribution >= 4 is 46.5 Å². The van der Waals surface area contributed by atoms with Crippen LogP contribution in [0.2, 0.25) is 0 Å². The maximum Gasteiger partial charge on any atom is 0.413 e. The van der Waals surface area contributed by atoms with Gasteiger partial charge in [-0.25, -0.2) is 14.1 Å². The molecule has 0 bridgehead atoms. The molecule has 212 valence electrons. The summed E-state index contributed by atoms with van der Waals surface area (Å²) in [7, 11) is 0.893. The first-order chi connectivity index (χ1) is 20.4. The highest BCUT2D eigenvalue weighted by Gasteiger charge is 2.53. The molecule has 1 aromatic heterocycles. The van der Waals surface area contributed by atoms with Crippen LogP contribution in [-0.4, -0.2) is 41.6 Å². The zero-order valence-corrected chi connectivity index (χ0v) is 24.5. The number of furan rings is 1. The molecule has 1 amide bonds. The second kappa shape index (κ2) is 9.30. The Morgan fingerprint density at radius 1 is 0.762 bits per heavy atom. The van der Waals surface area contributed by atoms with Crippen molar-refractivity contribution in [3.8, 4) is 0 Å². The van der Waals surface area contributed by atoms with E-state index in [4.69, 9.17) is 9.15 Å². The number of ether oxygens (including phenoxy) is 1. The Balaban J connectivity index is 1.39. The molecule has 0 spiro atoms. The summed E-state index contributed by atoms with van der Waals surface area (Å²) in [6.07, 6.45) is 3.85. The molecule has 1 N–H and O–H groups in total. The fourth-order valence-corrected chi connectivity index (χ4v) is 10.9. The fraction of sp³-hybridized carbons (Fsp3) is 0.265. The van der Waals surface area contributed by atoms with Gasteiger partial charge in [-0.15, -0.1) is 0 Å². The van der Waals surface area contributed by atoms with E-state index in [-0.39, 0.29) is 12.1 Å². The average Bonchev–Trinajstić information content (AvgIpc) is 3.51. The number of cyclic esters (lactones) is 1. The third-order valence-electron chi connectivity index (χ3n) is 9.68. The number of fused-ring (bicyclic) bond motifs is 6. The third kappa shape index (κ3) is 3.36. The van der Waals surface area contributed by atoms with Crippen LogP contribution in [0.3, 0.4) is 0 Å². The highest BCUT2D eigenvalue weighted by Crippen LogP contribution is 2.62. The van der Waals surface area contributed by atoms with Crippen molar-refractivity contribution in [2.75, 3.05) is 19.4 Å². The average molecular weight is 578 g/mol. The van der Waals surface area contributed by atoms with E-state index in [2.05, 4.69) is 14.7 Å². The molecule has 3 aliphatic rings. The van der Waals surface area contributed by atoms with Gasteiger partial charge in [-0.1, -0.05) is 91.7 Å². The maximum atomic E-state index is 15.1. The molecular formula is C34H32N3O4P. The number of likely N-dealkylation sites (N-methyl/N-ethyl adjacent to an activating group) is 2. The Morgan fingerprint density at radius 3 is 1.98 bits per heavy atom. The summed E-state index contributed by atoms with van der Waals surface area (Å²) in [6, 6.07) is 30.1. The first-order valence-electron chi connectivity index (χ1n) is 14.6. The van der Waals surface area contributed by atoms with E-state index in [1.807, 2.05) is 105 Å². The van der Waals surface area contributed by atoms with Crippen LogP contribution in [-0.2, 0) is 14.9 Å². The first kappa shape index (κ1) is 25.8. The Bertz CT molecular complexity index is 1840. The fourth-order valence-electron chi connectivity index (χ4n) is 7.68. The van der Waals surface area contributed by atoms with Crippen molar-refractivity contribution in [3.05, 3.63) is 108 Å². The number of anilines is 1. The van der Waals surface area contributed by atoms with Crippen molar-refractivity contribution < 1.29 is 18.5 Å². The molecule has 8 rings (SSSR count). The number of benzene rings is 4. The molecule has 2 atom stereocenters. The molecular weight excluding hydrogens is 545 g/mol. The second-order valence-corrected chi connectivity index (χ2v) is 14.5. The molecule has 0 unspecified atom stereocenters. The summed E-state index contributed by atoms with van der Waals surface area (Å²) in [4.78, 5) is 13.4. The number of nitrogens with one attached hydrogen (secondary N) is 1. The highest BCUT2D eigenvalue weighted by atomic mass is 31.2. The van der Waals surface area contributed by atoms with Gasteiger partial charge >= 0.3 is 6.09 Å². The summed E-state index contributed by atoms with van der Waals surface area (Å²) in [5, 5.41) is 5.41. The molecule has 1 aliphatic carbocycles. The van der Waals surface area contributed by atoms with Crippen molar-refractivity contribution in [1.29, 1.82) is 0 Å². The van der Waals surface area contributed by atoms with Gasteiger partial charge < -0.3 is 9.15 Å². The predicted molar refractivity (Wildman–Crippen MR) is 165 cm³/mol. The van der Waals surface area contributed by atoms with Gasteiger partial charge in [0.1, 0.15) is 5.58 Å². The normalized spacial score (nSPS) is 23.3. The van der Waals surface area contributed by atoms with Crippen molar-refractivity contribution in [3.63, 3.8) is 0 Å². The molecule has 1 saturated carbocycles. The van der Waals surface area contributed by atoms with Gasteiger partial charge in [-0.05, 0) is 39.1 Å². The number of carbonyl (C=O) groups is 1. The summed E-state index contributed by atoms with van der Waals surface area (Å²) >= 11 is 0. The van der Waals surface area contributed by atoms with E-state index in [9.17, 15) is 4.79 Å². The van der Waals surface area contributed by atoms with Crippen LogP contribution < -0.4 is 10.6 Å².